The number of carbonyl (C=O) groups is 2. The first-order chi connectivity index (χ1) is 10.6. The summed E-state index contributed by atoms with van der Waals surface area (Å²) in [5.74, 6) is -0.663. The number of nitrogens with one attached hydrogen (secondary N) is 2. The van der Waals surface area contributed by atoms with Gasteiger partial charge in [-0.1, -0.05) is 6.58 Å². The van der Waals surface area contributed by atoms with Crippen LogP contribution in [0.4, 0.5) is 0 Å². The van der Waals surface area contributed by atoms with E-state index < -0.39 is 23.4 Å². The Hall–Kier alpha value is -2.38. The summed E-state index contributed by atoms with van der Waals surface area (Å²) in [6.45, 7) is 9.12. The lowest BCUT2D eigenvalue weighted by molar-refractivity contribution is -0.132. The average Bonchev–Trinajstić information content (AvgIpc) is 2.49. The van der Waals surface area contributed by atoms with E-state index in [9.17, 15) is 9.59 Å². The number of rotatable bonds is 7. The number of hydrogen-bond donors (Lipinski definition) is 4. The van der Waals surface area contributed by atoms with Crippen molar-refractivity contribution in [2.75, 3.05) is 6.61 Å². The number of hydrogen-bond acceptors (Lipinski definition) is 5. The van der Waals surface area contributed by atoms with Gasteiger partial charge >= 0.3 is 0 Å². The maximum Gasteiger partial charge on any atom is 0.267 e. The zero-order chi connectivity index (χ0) is 17.6. The second-order valence-corrected chi connectivity index (χ2v) is 5.97. The molecule has 126 valence electrons. The third-order valence-electron chi connectivity index (χ3n) is 2.99. The summed E-state index contributed by atoms with van der Waals surface area (Å²) < 4.78 is 5.44. The molecule has 7 nitrogen and oxygen atoms in total. The smallest absolute Gasteiger partial charge is 0.267 e. The minimum absolute atomic E-state index is 0.340. The molecule has 0 fully saturated rings. The SMILES string of the molecule is C=C(C)COc1ccc(C(=O)N[C@H](C(=O)NO)C(C)(C)N)cc1. The molecule has 0 radical (unpaired) electrons. The fourth-order valence-corrected chi connectivity index (χ4v) is 1.78. The second kappa shape index (κ2) is 7.75. The van der Waals surface area contributed by atoms with Crippen LogP contribution >= 0.6 is 0 Å². The highest BCUT2D eigenvalue weighted by molar-refractivity contribution is 5.97. The van der Waals surface area contributed by atoms with Crippen molar-refractivity contribution >= 4 is 11.8 Å². The lowest BCUT2D eigenvalue weighted by Gasteiger charge is -2.29. The van der Waals surface area contributed by atoms with Crippen LogP contribution in [0.25, 0.3) is 0 Å². The van der Waals surface area contributed by atoms with Crippen molar-refractivity contribution in [3.63, 3.8) is 0 Å². The Morgan fingerprint density at radius 2 is 1.91 bits per heavy atom. The summed E-state index contributed by atoms with van der Waals surface area (Å²) in [6, 6.07) is 5.35. The Bertz CT molecular complexity index is 576. The van der Waals surface area contributed by atoms with Crippen LogP contribution in [-0.4, -0.2) is 35.2 Å². The highest BCUT2D eigenvalue weighted by atomic mass is 16.5. The molecule has 0 unspecified atom stereocenters. The van der Waals surface area contributed by atoms with Gasteiger partial charge in [0.25, 0.3) is 11.8 Å². The van der Waals surface area contributed by atoms with Crippen LogP contribution in [0.1, 0.15) is 31.1 Å². The number of nitrogens with two attached hydrogens (primary N) is 1. The standard InChI is InChI=1S/C16H23N3O4/c1-10(2)9-23-12-7-5-11(6-8-12)14(20)18-13(15(21)19-22)16(3,4)17/h5-8,13,22H,1,9,17H2,2-4H3,(H,18,20)(H,19,21)/t13-/m1/s1. The second-order valence-electron chi connectivity index (χ2n) is 5.97. The quantitative estimate of drug-likeness (QED) is 0.340. The zero-order valence-corrected chi connectivity index (χ0v) is 13.6. The highest BCUT2D eigenvalue weighted by Gasteiger charge is 2.33. The van der Waals surface area contributed by atoms with Crippen molar-refractivity contribution in [3.05, 3.63) is 42.0 Å². The fraction of sp³-hybridized carbons (Fsp3) is 0.375. The molecule has 23 heavy (non-hydrogen) atoms. The van der Waals surface area contributed by atoms with Crippen molar-refractivity contribution in [1.82, 2.24) is 10.8 Å². The van der Waals surface area contributed by atoms with Gasteiger partial charge in [0.1, 0.15) is 18.4 Å². The molecule has 7 heteroatoms. The largest absolute Gasteiger partial charge is 0.489 e. The number of benzene rings is 1. The molecule has 1 rings (SSSR count). The molecular weight excluding hydrogens is 298 g/mol. The molecule has 1 aromatic rings. The van der Waals surface area contributed by atoms with Gasteiger partial charge in [-0.2, -0.15) is 0 Å². The number of carbonyl (C=O) groups excluding carboxylic acids is 2. The maximum atomic E-state index is 12.2. The van der Waals surface area contributed by atoms with Gasteiger partial charge in [0, 0.05) is 11.1 Å². The van der Waals surface area contributed by atoms with Gasteiger partial charge < -0.3 is 15.8 Å². The monoisotopic (exact) mass is 321 g/mol. The van der Waals surface area contributed by atoms with E-state index in [1.165, 1.54) is 5.48 Å². The Morgan fingerprint density at radius 3 is 2.35 bits per heavy atom. The van der Waals surface area contributed by atoms with E-state index in [-0.39, 0.29) is 0 Å². The van der Waals surface area contributed by atoms with Gasteiger partial charge in [-0.05, 0) is 50.6 Å². The molecule has 0 aliphatic heterocycles. The molecule has 0 heterocycles. The summed E-state index contributed by atoms with van der Waals surface area (Å²) in [6.07, 6.45) is 0. The first-order valence-corrected chi connectivity index (χ1v) is 7.06. The van der Waals surface area contributed by atoms with Crippen LogP contribution in [-0.2, 0) is 4.79 Å². The Labute approximate surface area is 135 Å². The van der Waals surface area contributed by atoms with E-state index in [4.69, 9.17) is 15.7 Å². The van der Waals surface area contributed by atoms with Gasteiger partial charge in [0.2, 0.25) is 0 Å². The van der Waals surface area contributed by atoms with Crippen molar-refractivity contribution in [1.29, 1.82) is 0 Å². The molecular formula is C16H23N3O4. The first kappa shape index (κ1) is 18.7. The summed E-state index contributed by atoms with van der Waals surface area (Å²) in [5, 5.41) is 11.3. The zero-order valence-electron chi connectivity index (χ0n) is 13.6. The van der Waals surface area contributed by atoms with Crippen LogP contribution in [0, 0.1) is 0 Å². The minimum atomic E-state index is -1.08. The number of amides is 2. The van der Waals surface area contributed by atoms with Crippen molar-refractivity contribution in [2.45, 2.75) is 32.4 Å². The van der Waals surface area contributed by atoms with Gasteiger partial charge in [-0.25, -0.2) is 5.48 Å². The third-order valence-corrected chi connectivity index (χ3v) is 2.99. The Balaban J connectivity index is 2.80. The van der Waals surface area contributed by atoms with E-state index in [1.807, 2.05) is 6.92 Å². The van der Waals surface area contributed by atoms with Crippen molar-refractivity contribution in [2.24, 2.45) is 5.73 Å². The van der Waals surface area contributed by atoms with Gasteiger partial charge in [-0.3, -0.25) is 14.8 Å². The van der Waals surface area contributed by atoms with E-state index in [2.05, 4.69) is 11.9 Å². The summed E-state index contributed by atoms with van der Waals surface area (Å²) in [7, 11) is 0. The molecule has 1 atom stereocenters. The Kier molecular flexibility index (Phi) is 6.29. The lowest BCUT2D eigenvalue weighted by atomic mass is 9.95. The van der Waals surface area contributed by atoms with E-state index in [1.54, 1.807) is 38.1 Å². The molecule has 0 saturated heterocycles. The van der Waals surface area contributed by atoms with E-state index >= 15 is 0 Å². The van der Waals surface area contributed by atoms with Gasteiger partial charge in [0.05, 0.1) is 0 Å². The lowest BCUT2D eigenvalue weighted by Crippen LogP contribution is -2.61. The molecule has 0 bridgehead atoms. The average molecular weight is 321 g/mol. The normalized spacial score (nSPS) is 12.2. The Morgan fingerprint density at radius 1 is 1.35 bits per heavy atom. The fourth-order valence-electron chi connectivity index (χ4n) is 1.78. The van der Waals surface area contributed by atoms with Gasteiger partial charge in [-0.15, -0.1) is 0 Å². The first-order valence-electron chi connectivity index (χ1n) is 7.06. The van der Waals surface area contributed by atoms with Crippen molar-refractivity contribution < 1.29 is 19.5 Å². The summed E-state index contributed by atoms with van der Waals surface area (Å²) >= 11 is 0. The summed E-state index contributed by atoms with van der Waals surface area (Å²) in [4.78, 5) is 23.9. The van der Waals surface area contributed by atoms with Crippen LogP contribution in [0.5, 0.6) is 5.75 Å². The molecule has 1 aromatic carbocycles. The van der Waals surface area contributed by atoms with E-state index in [0.29, 0.717) is 17.9 Å². The van der Waals surface area contributed by atoms with Gasteiger partial charge in [0.15, 0.2) is 0 Å². The third kappa shape index (κ3) is 5.72. The number of ether oxygens (including phenoxy) is 1. The molecule has 0 aliphatic rings. The maximum absolute atomic E-state index is 12.2. The van der Waals surface area contributed by atoms with Crippen molar-refractivity contribution in [3.8, 4) is 5.75 Å². The molecule has 0 saturated carbocycles. The molecule has 0 spiro atoms. The van der Waals surface area contributed by atoms with Crippen LogP contribution < -0.4 is 21.3 Å². The molecule has 5 N–H and O–H groups in total. The summed E-state index contributed by atoms with van der Waals surface area (Å²) in [5.41, 5.74) is 7.54. The molecule has 0 aliphatic carbocycles. The van der Waals surface area contributed by atoms with Crippen LogP contribution in [0.2, 0.25) is 0 Å². The topological polar surface area (TPSA) is 114 Å². The predicted octanol–water partition coefficient (Wildman–Crippen LogP) is 0.983. The van der Waals surface area contributed by atoms with Crippen LogP contribution in [0.15, 0.2) is 36.4 Å². The number of hydroxylamine groups is 1. The molecule has 0 aromatic heterocycles. The van der Waals surface area contributed by atoms with Crippen LogP contribution in [0.3, 0.4) is 0 Å². The van der Waals surface area contributed by atoms with E-state index in [0.717, 1.165) is 5.57 Å². The molecule has 2 amide bonds. The minimum Gasteiger partial charge on any atom is -0.489 e. The highest BCUT2D eigenvalue weighted by Crippen LogP contribution is 2.14. The predicted molar refractivity (Wildman–Crippen MR) is 86.2 cm³/mol.